The third kappa shape index (κ3) is 5.50. The summed E-state index contributed by atoms with van der Waals surface area (Å²) < 4.78 is 5.78. The lowest BCUT2D eigenvalue weighted by molar-refractivity contribution is -0.120. The zero-order valence-electron chi connectivity index (χ0n) is 13.6. The number of hydrogen-bond donors (Lipinski definition) is 2. The Balaban J connectivity index is 0.00000242. The maximum atomic E-state index is 12.4. The van der Waals surface area contributed by atoms with Crippen LogP contribution in [0.15, 0.2) is 24.3 Å². The molecule has 124 valence electrons. The van der Waals surface area contributed by atoms with E-state index < -0.39 is 0 Å². The number of benzene rings is 1. The second-order valence-corrected chi connectivity index (χ2v) is 6.27. The van der Waals surface area contributed by atoms with Crippen LogP contribution in [-0.2, 0) is 4.79 Å². The van der Waals surface area contributed by atoms with Crippen molar-refractivity contribution < 1.29 is 9.53 Å². The minimum absolute atomic E-state index is 0. The molecule has 1 heterocycles. The molecule has 0 bridgehead atoms. The molecule has 5 heteroatoms. The number of rotatable bonds is 5. The number of amides is 1. The van der Waals surface area contributed by atoms with Gasteiger partial charge in [0.25, 0.3) is 0 Å². The molecule has 1 saturated heterocycles. The van der Waals surface area contributed by atoms with Crippen LogP contribution < -0.4 is 15.4 Å². The Labute approximate surface area is 139 Å². The van der Waals surface area contributed by atoms with Crippen molar-refractivity contribution >= 4 is 24.0 Å². The minimum atomic E-state index is 0. The Morgan fingerprint density at radius 3 is 2.82 bits per heavy atom. The van der Waals surface area contributed by atoms with Gasteiger partial charge < -0.3 is 15.4 Å². The summed E-state index contributed by atoms with van der Waals surface area (Å²) in [5, 5.41) is 6.40. The summed E-state index contributed by atoms with van der Waals surface area (Å²) in [6.45, 7) is 7.90. The number of nitrogens with one attached hydrogen (secondary N) is 2. The van der Waals surface area contributed by atoms with Gasteiger partial charge in [-0.15, -0.1) is 12.4 Å². The van der Waals surface area contributed by atoms with Crippen molar-refractivity contribution in [1.82, 2.24) is 5.32 Å². The minimum Gasteiger partial charge on any atom is -0.491 e. The largest absolute Gasteiger partial charge is 0.491 e. The van der Waals surface area contributed by atoms with Gasteiger partial charge in [0, 0.05) is 12.0 Å². The number of halogens is 1. The van der Waals surface area contributed by atoms with E-state index in [9.17, 15) is 4.79 Å². The maximum absolute atomic E-state index is 12.4. The number of piperidine rings is 1. The Morgan fingerprint density at radius 1 is 1.41 bits per heavy atom. The lowest BCUT2D eigenvalue weighted by Gasteiger charge is -2.27. The molecule has 1 aliphatic rings. The van der Waals surface area contributed by atoms with E-state index in [-0.39, 0.29) is 24.2 Å². The number of carbonyl (C=O) groups is 1. The van der Waals surface area contributed by atoms with Crippen molar-refractivity contribution in [3.05, 3.63) is 24.3 Å². The molecule has 1 aromatic rings. The summed E-state index contributed by atoms with van der Waals surface area (Å²) in [6, 6.07) is 8.06. The second-order valence-electron chi connectivity index (χ2n) is 6.27. The molecular formula is C17H27ClN2O2. The van der Waals surface area contributed by atoms with E-state index in [4.69, 9.17) is 4.74 Å². The van der Waals surface area contributed by atoms with Crippen LogP contribution in [0, 0.1) is 11.8 Å². The molecule has 0 aliphatic carbocycles. The van der Waals surface area contributed by atoms with E-state index in [0.717, 1.165) is 30.8 Å². The fourth-order valence-corrected chi connectivity index (χ4v) is 2.56. The van der Waals surface area contributed by atoms with Gasteiger partial charge >= 0.3 is 0 Å². The van der Waals surface area contributed by atoms with Gasteiger partial charge in [-0.3, -0.25) is 4.79 Å². The summed E-state index contributed by atoms with van der Waals surface area (Å²) in [5.41, 5.74) is 0.773. The molecular weight excluding hydrogens is 300 g/mol. The molecule has 0 radical (unpaired) electrons. The molecule has 4 nitrogen and oxygen atoms in total. The molecule has 22 heavy (non-hydrogen) atoms. The number of anilines is 1. The lowest BCUT2D eigenvalue weighted by Crippen LogP contribution is -2.40. The van der Waals surface area contributed by atoms with Gasteiger partial charge in [0.15, 0.2) is 0 Å². The van der Waals surface area contributed by atoms with Crippen LogP contribution in [0.3, 0.4) is 0 Å². The first-order valence-corrected chi connectivity index (χ1v) is 7.82. The summed E-state index contributed by atoms with van der Waals surface area (Å²) in [7, 11) is 0. The second kappa shape index (κ2) is 9.01. The van der Waals surface area contributed by atoms with E-state index in [1.807, 2.05) is 24.3 Å². The van der Waals surface area contributed by atoms with Gasteiger partial charge in [0.2, 0.25) is 5.91 Å². The number of para-hydroxylation sites is 2. The third-order valence-electron chi connectivity index (χ3n) is 3.71. The topological polar surface area (TPSA) is 50.4 Å². The monoisotopic (exact) mass is 326 g/mol. The SMILES string of the molecule is CC(C)COc1ccccc1NC(=O)[C@H]1CCN[C@@H](C)C1.Cl. The highest BCUT2D eigenvalue weighted by atomic mass is 35.5. The van der Waals surface area contributed by atoms with Gasteiger partial charge in [-0.05, 0) is 44.4 Å². The highest BCUT2D eigenvalue weighted by Crippen LogP contribution is 2.26. The van der Waals surface area contributed by atoms with E-state index in [2.05, 4.69) is 31.4 Å². The number of carbonyl (C=O) groups excluding carboxylic acids is 1. The number of hydrogen-bond acceptors (Lipinski definition) is 3. The van der Waals surface area contributed by atoms with Gasteiger partial charge in [0.1, 0.15) is 5.75 Å². The van der Waals surface area contributed by atoms with Gasteiger partial charge in [0.05, 0.1) is 12.3 Å². The zero-order chi connectivity index (χ0) is 15.2. The van der Waals surface area contributed by atoms with Crippen molar-refractivity contribution in [2.75, 3.05) is 18.5 Å². The third-order valence-corrected chi connectivity index (χ3v) is 3.71. The molecule has 1 aliphatic heterocycles. The van der Waals surface area contributed by atoms with Crippen LogP contribution in [-0.4, -0.2) is 25.1 Å². The average molecular weight is 327 g/mol. The van der Waals surface area contributed by atoms with Crippen LogP contribution in [0.1, 0.15) is 33.6 Å². The maximum Gasteiger partial charge on any atom is 0.227 e. The number of ether oxygens (including phenoxy) is 1. The van der Waals surface area contributed by atoms with Gasteiger partial charge in [-0.2, -0.15) is 0 Å². The normalized spacial score (nSPS) is 21.1. The molecule has 1 aromatic carbocycles. The average Bonchev–Trinajstić information content (AvgIpc) is 2.46. The first-order valence-electron chi connectivity index (χ1n) is 7.82. The summed E-state index contributed by atoms with van der Waals surface area (Å²) in [4.78, 5) is 12.4. The van der Waals surface area contributed by atoms with Crippen molar-refractivity contribution in [1.29, 1.82) is 0 Å². The smallest absolute Gasteiger partial charge is 0.227 e. The van der Waals surface area contributed by atoms with E-state index in [0.29, 0.717) is 18.6 Å². The van der Waals surface area contributed by atoms with Crippen LogP contribution >= 0.6 is 12.4 Å². The first kappa shape index (κ1) is 18.8. The predicted octanol–water partition coefficient (Wildman–Crippen LogP) is 3.47. The van der Waals surface area contributed by atoms with Gasteiger partial charge in [-0.25, -0.2) is 0 Å². The highest BCUT2D eigenvalue weighted by molar-refractivity contribution is 5.94. The highest BCUT2D eigenvalue weighted by Gasteiger charge is 2.25. The Hall–Kier alpha value is -1.26. The quantitative estimate of drug-likeness (QED) is 0.871. The summed E-state index contributed by atoms with van der Waals surface area (Å²) in [6.07, 6.45) is 1.78. The van der Waals surface area contributed by atoms with Crippen LogP contribution in [0.2, 0.25) is 0 Å². The molecule has 2 N–H and O–H groups in total. The van der Waals surface area contributed by atoms with Crippen molar-refractivity contribution in [3.8, 4) is 5.75 Å². The van der Waals surface area contributed by atoms with Crippen LogP contribution in [0.25, 0.3) is 0 Å². The Bertz CT molecular complexity index is 479. The molecule has 1 amide bonds. The summed E-state index contributed by atoms with van der Waals surface area (Å²) in [5.74, 6) is 1.39. The van der Waals surface area contributed by atoms with Crippen molar-refractivity contribution in [2.45, 2.75) is 39.7 Å². The predicted molar refractivity (Wildman–Crippen MR) is 92.8 cm³/mol. The molecule has 0 aromatic heterocycles. The van der Waals surface area contributed by atoms with Crippen LogP contribution in [0.5, 0.6) is 5.75 Å². The molecule has 0 unspecified atom stereocenters. The fraction of sp³-hybridized carbons (Fsp3) is 0.588. The zero-order valence-corrected chi connectivity index (χ0v) is 14.4. The van der Waals surface area contributed by atoms with Gasteiger partial charge in [-0.1, -0.05) is 26.0 Å². The molecule has 0 saturated carbocycles. The van der Waals surface area contributed by atoms with E-state index in [1.54, 1.807) is 0 Å². The molecule has 2 rings (SSSR count). The van der Waals surface area contributed by atoms with Crippen molar-refractivity contribution in [3.63, 3.8) is 0 Å². The fourth-order valence-electron chi connectivity index (χ4n) is 2.56. The standard InChI is InChI=1S/C17H26N2O2.ClH/c1-12(2)11-21-16-7-5-4-6-15(16)19-17(20)14-8-9-18-13(3)10-14;/h4-7,12-14,18H,8-11H2,1-3H3,(H,19,20);1H/t13-,14-;/m0./s1. The molecule has 2 atom stereocenters. The van der Waals surface area contributed by atoms with E-state index in [1.165, 1.54) is 0 Å². The first-order chi connectivity index (χ1) is 10.1. The Kier molecular flexibility index (Phi) is 7.69. The molecule has 0 spiro atoms. The molecule has 1 fully saturated rings. The van der Waals surface area contributed by atoms with Crippen molar-refractivity contribution in [2.24, 2.45) is 11.8 Å². The summed E-state index contributed by atoms with van der Waals surface area (Å²) >= 11 is 0. The lowest BCUT2D eigenvalue weighted by atomic mass is 9.92. The van der Waals surface area contributed by atoms with E-state index >= 15 is 0 Å². The Morgan fingerprint density at radius 2 is 2.14 bits per heavy atom. The van der Waals surface area contributed by atoms with Crippen LogP contribution in [0.4, 0.5) is 5.69 Å².